The highest BCUT2D eigenvalue weighted by atomic mass is 19.4. The Labute approximate surface area is 183 Å². The van der Waals surface area contributed by atoms with E-state index < -0.39 is 41.7 Å². The summed E-state index contributed by atoms with van der Waals surface area (Å²) in [6.07, 6.45) is -4.52. The lowest BCUT2D eigenvalue weighted by Crippen LogP contribution is -2.42. The van der Waals surface area contributed by atoms with Crippen molar-refractivity contribution in [2.45, 2.75) is 44.8 Å². The molecule has 2 N–H and O–H groups in total. The van der Waals surface area contributed by atoms with Gasteiger partial charge in [-0.1, -0.05) is 51.1 Å². The van der Waals surface area contributed by atoms with Crippen LogP contribution in [-0.2, 0) is 26.7 Å². The molecule has 0 radical (unpaired) electrons. The molecule has 1 aliphatic heterocycles. The van der Waals surface area contributed by atoms with Crippen molar-refractivity contribution in [2.75, 3.05) is 11.9 Å². The number of hydrogen-bond acceptors (Lipinski definition) is 3. The summed E-state index contributed by atoms with van der Waals surface area (Å²) in [5.74, 6) is -1.29. The van der Waals surface area contributed by atoms with Gasteiger partial charge in [0.15, 0.2) is 0 Å². The molecule has 0 spiro atoms. The van der Waals surface area contributed by atoms with Crippen molar-refractivity contribution < 1.29 is 27.6 Å². The van der Waals surface area contributed by atoms with E-state index in [1.54, 1.807) is 12.1 Å². The number of para-hydroxylation sites is 1. The SMILES string of the molecule is CC(C)(C)c1ccccc1NC(=O)CN1C(=O)NC(C)(c2ccc(C(F)(F)F)cc2)C1=O. The van der Waals surface area contributed by atoms with Crippen molar-refractivity contribution in [2.24, 2.45) is 0 Å². The number of amides is 4. The van der Waals surface area contributed by atoms with E-state index in [9.17, 15) is 27.6 Å². The van der Waals surface area contributed by atoms with Gasteiger partial charge in [0.25, 0.3) is 5.91 Å². The number of imide groups is 1. The number of halogens is 3. The van der Waals surface area contributed by atoms with Gasteiger partial charge in [0.05, 0.1) is 5.56 Å². The molecule has 3 rings (SSSR count). The highest BCUT2D eigenvalue weighted by Gasteiger charge is 2.49. The van der Waals surface area contributed by atoms with Gasteiger partial charge >= 0.3 is 12.2 Å². The number of rotatable bonds is 4. The summed E-state index contributed by atoms with van der Waals surface area (Å²) in [6, 6.07) is 10.4. The minimum Gasteiger partial charge on any atom is -0.324 e. The van der Waals surface area contributed by atoms with Crippen LogP contribution < -0.4 is 10.6 Å². The first-order valence-corrected chi connectivity index (χ1v) is 9.95. The number of nitrogens with one attached hydrogen (secondary N) is 2. The normalized spacial score (nSPS) is 19.2. The Morgan fingerprint density at radius 1 is 1.03 bits per heavy atom. The number of carbonyl (C=O) groups is 3. The quantitative estimate of drug-likeness (QED) is 0.682. The van der Waals surface area contributed by atoms with E-state index in [1.807, 2.05) is 32.9 Å². The van der Waals surface area contributed by atoms with Gasteiger partial charge < -0.3 is 10.6 Å². The highest BCUT2D eigenvalue weighted by Crippen LogP contribution is 2.33. The Hall–Kier alpha value is -3.36. The molecular formula is C23H24F3N3O3. The molecule has 1 heterocycles. The van der Waals surface area contributed by atoms with Crippen LogP contribution in [-0.4, -0.2) is 29.3 Å². The Morgan fingerprint density at radius 3 is 2.19 bits per heavy atom. The lowest BCUT2D eigenvalue weighted by Gasteiger charge is -2.24. The van der Waals surface area contributed by atoms with Crippen molar-refractivity contribution in [3.05, 3.63) is 65.2 Å². The topological polar surface area (TPSA) is 78.5 Å². The van der Waals surface area contributed by atoms with Crippen molar-refractivity contribution in [3.8, 4) is 0 Å². The number of benzene rings is 2. The van der Waals surface area contributed by atoms with Crippen LogP contribution in [0.3, 0.4) is 0 Å². The molecule has 0 saturated carbocycles. The van der Waals surface area contributed by atoms with Crippen molar-refractivity contribution in [1.29, 1.82) is 0 Å². The second-order valence-corrected chi connectivity index (χ2v) is 8.87. The van der Waals surface area contributed by atoms with E-state index in [-0.39, 0.29) is 11.0 Å². The molecule has 2 aromatic rings. The zero-order valence-corrected chi connectivity index (χ0v) is 18.1. The molecule has 1 atom stereocenters. The molecule has 2 aromatic carbocycles. The molecule has 9 heteroatoms. The molecule has 170 valence electrons. The fourth-order valence-electron chi connectivity index (χ4n) is 3.61. The zero-order valence-electron chi connectivity index (χ0n) is 18.1. The maximum absolute atomic E-state index is 13.0. The third kappa shape index (κ3) is 4.46. The van der Waals surface area contributed by atoms with Crippen LogP contribution in [0.5, 0.6) is 0 Å². The van der Waals surface area contributed by atoms with Gasteiger partial charge in [-0.25, -0.2) is 4.79 Å². The summed E-state index contributed by atoms with van der Waals surface area (Å²) >= 11 is 0. The summed E-state index contributed by atoms with van der Waals surface area (Å²) in [4.78, 5) is 38.8. The molecule has 32 heavy (non-hydrogen) atoms. The first-order chi connectivity index (χ1) is 14.7. The number of anilines is 1. The number of carbonyl (C=O) groups excluding carboxylic acids is 3. The molecular weight excluding hydrogens is 423 g/mol. The van der Waals surface area contributed by atoms with Gasteiger partial charge in [0.1, 0.15) is 12.1 Å². The monoisotopic (exact) mass is 447 g/mol. The Balaban J connectivity index is 1.78. The lowest BCUT2D eigenvalue weighted by molar-refractivity contribution is -0.137. The van der Waals surface area contributed by atoms with Gasteiger partial charge in [-0.15, -0.1) is 0 Å². The summed E-state index contributed by atoms with van der Waals surface area (Å²) in [7, 11) is 0. The van der Waals surface area contributed by atoms with E-state index in [1.165, 1.54) is 6.92 Å². The van der Waals surface area contributed by atoms with Gasteiger partial charge in [0, 0.05) is 5.69 Å². The molecule has 1 unspecified atom stereocenters. The average Bonchev–Trinajstić information content (AvgIpc) is 2.91. The zero-order chi connectivity index (χ0) is 23.9. The first-order valence-electron chi connectivity index (χ1n) is 9.95. The third-order valence-electron chi connectivity index (χ3n) is 5.38. The fourth-order valence-corrected chi connectivity index (χ4v) is 3.61. The Kier molecular flexibility index (Phi) is 5.80. The second kappa shape index (κ2) is 7.96. The summed E-state index contributed by atoms with van der Waals surface area (Å²) in [5, 5.41) is 5.22. The predicted molar refractivity (Wildman–Crippen MR) is 113 cm³/mol. The van der Waals surface area contributed by atoms with Gasteiger partial charge in [-0.05, 0) is 41.7 Å². The number of urea groups is 1. The van der Waals surface area contributed by atoms with E-state index in [0.717, 1.165) is 34.7 Å². The van der Waals surface area contributed by atoms with Crippen LogP contribution in [0.4, 0.5) is 23.7 Å². The molecule has 1 saturated heterocycles. The smallest absolute Gasteiger partial charge is 0.324 e. The maximum atomic E-state index is 13.0. The highest BCUT2D eigenvalue weighted by molar-refractivity contribution is 6.10. The van der Waals surface area contributed by atoms with Crippen LogP contribution >= 0.6 is 0 Å². The van der Waals surface area contributed by atoms with Crippen molar-refractivity contribution >= 4 is 23.5 Å². The molecule has 1 aliphatic rings. The molecule has 0 bridgehead atoms. The Morgan fingerprint density at radius 2 is 1.62 bits per heavy atom. The largest absolute Gasteiger partial charge is 0.416 e. The van der Waals surface area contributed by atoms with E-state index in [4.69, 9.17) is 0 Å². The number of nitrogens with zero attached hydrogens (tertiary/aromatic N) is 1. The molecule has 0 aliphatic carbocycles. The van der Waals surface area contributed by atoms with E-state index >= 15 is 0 Å². The molecule has 6 nitrogen and oxygen atoms in total. The average molecular weight is 447 g/mol. The van der Waals surface area contributed by atoms with E-state index in [0.29, 0.717) is 5.69 Å². The number of hydrogen-bond donors (Lipinski definition) is 2. The third-order valence-corrected chi connectivity index (χ3v) is 5.38. The van der Waals surface area contributed by atoms with Crippen LogP contribution in [0.1, 0.15) is 44.4 Å². The summed E-state index contributed by atoms with van der Waals surface area (Å²) in [6.45, 7) is 6.84. The Bertz CT molecular complexity index is 1060. The van der Waals surface area contributed by atoms with E-state index in [2.05, 4.69) is 10.6 Å². The maximum Gasteiger partial charge on any atom is 0.416 e. The van der Waals surface area contributed by atoms with Gasteiger partial charge in [-0.3, -0.25) is 14.5 Å². The molecule has 4 amide bonds. The number of alkyl halides is 3. The lowest BCUT2D eigenvalue weighted by atomic mass is 9.86. The van der Waals surface area contributed by atoms with Crippen LogP contribution in [0, 0.1) is 0 Å². The van der Waals surface area contributed by atoms with Crippen LogP contribution in [0.2, 0.25) is 0 Å². The fraction of sp³-hybridized carbons (Fsp3) is 0.348. The second-order valence-electron chi connectivity index (χ2n) is 8.87. The van der Waals surface area contributed by atoms with Crippen molar-refractivity contribution in [1.82, 2.24) is 10.2 Å². The van der Waals surface area contributed by atoms with Gasteiger partial charge in [-0.2, -0.15) is 13.2 Å². The summed E-state index contributed by atoms with van der Waals surface area (Å²) in [5.41, 5.74) is -1.04. The minimum atomic E-state index is -4.52. The molecule has 1 fully saturated rings. The minimum absolute atomic E-state index is 0.185. The van der Waals surface area contributed by atoms with Crippen molar-refractivity contribution in [3.63, 3.8) is 0 Å². The predicted octanol–water partition coefficient (Wildman–Crippen LogP) is 4.41. The molecule has 0 aromatic heterocycles. The first kappa shape index (κ1) is 23.3. The standard InChI is InChI=1S/C23H24F3N3O3/c1-21(2,3)16-7-5-6-8-17(16)27-18(30)13-29-19(31)22(4,28-20(29)32)14-9-11-15(12-10-14)23(24,25)26/h5-12H,13H2,1-4H3,(H,27,30)(H,28,32). The van der Waals surface area contributed by atoms with Crippen LogP contribution in [0.15, 0.2) is 48.5 Å². The summed E-state index contributed by atoms with van der Waals surface area (Å²) < 4.78 is 38.5. The van der Waals surface area contributed by atoms with Gasteiger partial charge in [0.2, 0.25) is 5.91 Å². The van der Waals surface area contributed by atoms with Crippen LogP contribution in [0.25, 0.3) is 0 Å².